The summed E-state index contributed by atoms with van der Waals surface area (Å²) in [5.41, 5.74) is 4.67. The van der Waals surface area contributed by atoms with Gasteiger partial charge in [0.1, 0.15) is 0 Å². The summed E-state index contributed by atoms with van der Waals surface area (Å²) < 4.78 is 30.0. The number of anilines is 1. The second-order valence-corrected chi connectivity index (χ2v) is 12.7. The third-order valence-electron chi connectivity index (χ3n) is 6.15. The van der Waals surface area contributed by atoms with Crippen molar-refractivity contribution in [2.75, 3.05) is 24.6 Å². The molecule has 1 aliphatic heterocycles. The minimum Gasteiger partial charge on any atom is -0.374 e. The molecule has 1 atom stereocenters. The van der Waals surface area contributed by atoms with Gasteiger partial charge in [0.15, 0.2) is 9.84 Å². The molecule has 0 aliphatic carbocycles. The summed E-state index contributed by atoms with van der Waals surface area (Å²) in [5.74, 6) is 0.624. The molecule has 1 heterocycles. The van der Waals surface area contributed by atoms with E-state index >= 15 is 0 Å². The molecule has 1 saturated heterocycles. The minimum absolute atomic E-state index is 0.0947. The van der Waals surface area contributed by atoms with Gasteiger partial charge in [-0.1, -0.05) is 50.2 Å². The van der Waals surface area contributed by atoms with E-state index in [2.05, 4.69) is 55.1 Å². The van der Waals surface area contributed by atoms with E-state index < -0.39 is 14.6 Å². The lowest BCUT2D eigenvalue weighted by molar-refractivity contribution is 0.0114. The number of morpholine rings is 1. The lowest BCUT2D eigenvalue weighted by Gasteiger charge is -2.36. The number of benzene rings is 2. The van der Waals surface area contributed by atoms with E-state index in [1.807, 2.05) is 12.1 Å². The monoisotopic (exact) mass is 443 g/mol. The maximum Gasteiger partial charge on any atom is 0.159 e. The molecule has 0 amide bonds. The van der Waals surface area contributed by atoms with E-state index in [-0.39, 0.29) is 5.75 Å². The Morgan fingerprint density at radius 2 is 1.45 bits per heavy atom. The maximum atomic E-state index is 12.4. The average Bonchev–Trinajstić information content (AvgIpc) is 2.73. The van der Waals surface area contributed by atoms with Crippen molar-refractivity contribution in [3.63, 3.8) is 0 Å². The number of ether oxygens (including phenoxy) is 1. The fourth-order valence-electron chi connectivity index (χ4n) is 3.71. The van der Waals surface area contributed by atoms with Crippen molar-refractivity contribution in [1.82, 2.24) is 0 Å². The summed E-state index contributed by atoms with van der Waals surface area (Å²) in [5, 5.41) is 0. The lowest BCUT2D eigenvalue weighted by Crippen LogP contribution is -2.44. The van der Waals surface area contributed by atoms with Crippen LogP contribution in [0.4, 0.5) is 5.69 Å². The summed E-state index contributed by atoms with van der Waals surface area (Å²) in [6.07, 6.45) is 2.21. The first-order valence-corrected chi connectivity index (χ1v) is 13.0. The van der Waals surface area contributed by atoms with Gasteiger partial charge >= 0.3 is 0 Å². The van der Waals surface area contributed by atoms with Gasteiger partial charge in [0.25, 0.3) is 0 Å². The highest BCUT2D eigenvalue weighted by molar-refractivity contribution is 7.91. The molecule has 31 heavy (non-hydrogen) atoms. The molecule has 0 unspecified atom stereocenters. The molecule has 3 rings (SSSR count). The van der Waals surface area contributed by atoms with Crippen molar-refractivity contribution in [3.8, 4) is 0 Å². The first-order valence-electron chi connectivity index (χ1n) is 11.3. The molecule has 0 bridgehead atoms. The fourth-order valence-corrected chi connectivity index (χ4v) is 4.78. The zero-order valence-electron chi connectivity index (χ0n) is 19.6. The summed E-state index contributed by atoms with van der Waals surface area (Å²) in [4.78, 5) is 2.42. The molecule has 2 aromatic rings. The Bertz CT molecular complexity index is 942. The van der Waals surface area contributed by atoms with Crippen LogP contribution in [0.25, 0.3) is 0 Å². The largest absolute Gasteiger partial charge is 0.374 e. The van der Waals surface area contributed by atoms with Gasteiger partial charge in [0.2, 0.25) is 0 Å². The van der Waals surface area contributed by atoms with Crippen molar-refractivity contribution in [2.24, 2.45) is 5.92 Å². The SMILES string of the molecule is CC(C)[C@@H]1CN(c2ccc(CCc3ccc(CS(=O)(=O)C(C)(C)C)cc3)cc2)CCO1. The van der Waals surface area contributed by atoms with Crippen LogP contribution in [0, 0.1) is 5.92 Å². The zero-order chi connectivity index (χ0) is 22.6. The van der Waals surface area contributed by atoms with Gasteiger partial charge in [0.05, 0.1) is 23.2 Å². The summed E-state index contributed by atoms with van der Waals surface area (Å²) in [6.45, 7) is 12.4. The van der Waals surface area contributed by atoms with Crippen LogP contribution in [0.15, 0.2) is 48.5 Å². The number of rotatable bonds is 7. The van der Waals surface area contributed by atoms with E-state index in [4.69, 9.17) is 4.74 Å². The number of hydrogen-bond donors (Lipinski definition) is 0. The summed E-state index contributed by atoms with van der Waals surface area (Å²) in [6, 6.07) is 16.9. The smallest absolute Gasteiger partial charge is 0.159 e. The van der Waals surface area contributed by atoms with Crippen LogP contribution in [-0.4, -0.2) is 39.0 Å². The molecule has 1 fully saturated rings. The molecule has 5 heteroatoms. The highest BCUT2D eigenvalue weighted by Gasteiger charge is 2.28. The van der Waals surface area contributed by atoms with Gasteiger partial charge in [-0.25, -0.2) is 8.42 Å². The van der Waals surface area contributed by atoms with Crippen LogP contribution in [0.2, 0.25) is 0 Å². The lowest BCUT2D eigenvalue weighted by atomic mass is 10.0. The Morgan fingerprint density at radius 1 is 0.935 bits per heavy atom. The van der Waals surface area contributed by atoms with Gasteiger partial charge in [-0.2, -0.15) is 0 Å². The molecule has 2 aromatic carbocycles. The first-order chi connectivity index (χ1) is 14.5. The van der Waals surface area contributed by atoms with Crippen molar-refractivity contribution in [1.29, 1.82) is 0 Å². The predicted octanol–water partition coefficient (Wildman–Crippen LogP) is 5.05. The topological polar surface area (TPSA) is 46.6 Å². The van der Waals surface area contributed by atoms with Crippen LogP contribution >= 0.6 is 0 Å². The van der Waals surface area contributed by atoms with Crippen LogP contribution in [0.3, 0.4) is 0 Å². The van der Waals surface area contributed by atoms with Gasteiger partial charge in [0, 0.05) is 18.8 Å². The quantitative estimate of drug-likeness (QED) is 0.601. The number of sulfone groups is 1. The molecule has 0 N–H and O–H groups in total. The molecule has 1 aliphatic rings. The molecule has 4 nitrogen and oxygen atoms in total. The van der Waals surface area contributed by atoms with E-state index in [1.165, 1.54) is 16.8 Å². The van der Waals surface area contributed by atoms with Crippen LogP contribution < -0.4 is 4.90 Å². The fraction of sp³-hybridized carbons (Fsp3) is 0.538. The second kappa shape index (κ2) is 9.74. The number of nitrogens with zero attached hydrogens (tertiary/aromatic N) is 1. The first kappa shape index (κ1) is 23.8. The maximum absolute atomic E-state index is 12.4. The zero-order valence-corrected chi connectivity index (χ0v) is 20.4. The number of hydrogen-bond acceptors (Lipinski definition) is 4. The number of aryl methyl sites for hydroxylation is 2. The summed E-state index contributed by atoms with van der Waals surface area (Å²) >= 11 is 0. The molecular weight excluding hydrogens is 406 g/mol. The van der Waals surface area contributed by atoms with E-state index in [0.717, 1.165) is 38.1 Å². The van der Waals surface area contributed by atoms with Gasteiger partial charge in [-0.3, -0.25) is 0 Å². The molecule has 0 aromatic heterocycles. The molecular formula is C26H37NO3S. The van der Waals surface area contributed by atoms with Gasteiger partial charge in [-0.05, 0) is 68.4 Å². The van der Waals surface area contributed by atoms with Gasteiger partial charge < -0.3 is 9.64 Å². The average molecular weight is 444 g/mol. The van der Waals surface area contributed by atoms with Crippen molar-refractivity contribution < 1.29 is 13.2 Å². The van der Waals surface area contributed by atoms with Crippen molar-refractivity contribution in [3.05, 3.63) is 65.2 Å². The van der Waals surface area contributed by atoms with Crippen LogP contribution in [-0.2, 0) is 33.2 Å². The Labute approximate surface area is 188 Å². The Balaban J connectivity index is 1.54. The highest BCUT2D eigenvalue weighted by atomic mass is 32.2. The predicted molar refractivity (Wildman–Crippen MR) is 129 cm³/mol. The van der Waals surface area contributed by atoms with Crippen molar-refractivity contribution in [2.45, 2.75) is 64.1 Å². The highest BCUT2D eigenvalue weighted by Crippen LogP contribution is 2.23. The third kappa shape index (κ3) is 6.33. The molecule has 170 valence electrons. The molecule has 0 radical (unpaired) electrons. The van der Waals surface area contributed by atoms with Gasteiger partial charge in [-0.15, -0.1) is 0 Å². The summed E-state index contributed by atoms with van der Waals surface area (Å²) in [7, 11) is -3.15. The Morgan fingerprint density at radius 3 is 1.97 bits per heavy atom. The Kier molecular flexibility index (Phi) is 7.48. The molecule has 0 saturated carbocycles. The second-order valence-electron chi connectivity index (χ2n) is 9.95. The normalized spacial score (nSPS) is 17.9. The minimum atomic E-state index is -3.15. The molecule has 0 spiro atoms. The van der Waals surface area contributed by atoms with E-state index in [1.54, 1.807) is 20.8 Å². The van der Waals surface area contributed by atoms with E-state index in [9.17, 15) is 8.42 Å². The van der Waals surface area contributed by atoms with Crippen LogP contribution in [0.5, 0.6) is 0 Å². The van der Waals surface area contributed by atoms with Crippen LogP contribution in [0.1, 0.15) is 51.3 Å². The van der Waals surface area contributed by atoms with E-state index in [0.29, 0.717) is 12.0 Å². The third-order valence-corrected chi connectivity index (χ3v) is 8.73. The Hall–Kier alpha value is -1.85. The standard InChI is InChI=1S/C26H37NO3S/c1-20(2)25-18-27(16-17-30-25)24-14-12-22(13-15-24)7-6-21-8-10-23(11-9-21)19-31(28,29)26(3,4)5/h8-15,20,25H,6-7,16-19H2,1-5H3/t25-/m0/s1. The van der Waals surface area contributed by atoms with Crippen molar-refractivity contribution >= 4 is 15.5 Å².